The SMILES string of the molecule is COC(=O)N1c2ccc3c(nc(OCCc4ccccc4)n3[C@@H]3CCC[C@@H](C(=O)O)C3)c2CC[C@@H]1C. The fourth-order valence-corrected chi connectivity index (χ4v) is 5.74. The molecule has 3 aromatic rings. The van der Waals surface area contributed by atoms with Gasteiger partial charge in [-0.2, -0.15) is 4.98 Å². The highest BCUT2D eigenvalue weighted by Crippen LogP contribution is 2.42. The molecule has 0 spiro atoms. The summed E-state index contributed by atoms with van der Waals surface area (Å²) in [6, 6.07) is 14.7. The lowest BCUT2D eigenvalue weighted by molar-refractivity contribution is -0.143. The predicted molar refractivity (Wildman–Crippen MR) is 137 cm³/mol. The van der Waals surface area contributed by atoms with Crippen LogP contribution in [0.15, 0.2) is 42.5 Å². The minimum atomic E-state index is -0.740. The summed E-state index contributed by atoms with van der Waals surface area (Å²) in [7, 11) is 1.40. The van der Waals surface area contributed by atoms with Gasteiger partial charge in [0.1, 0.15) is 0 Å². The van der Waals surface area contributed by atoms with Crippen molar-refractivity contribution in [3.63, 3.8) is 0 Å². The maximum absolute atomic E-state index is 12.6. The highest BCUT2D eigenvalue weighted by molar-refractivity contribution is 5.95. The summed E-state index contributed by atoms with van der Waals surface area (Å²) in [5.74, 6) is -1.11. The van der Waals surface area contributed by atoms with Gasteiger partial charge in [0.05, 0.1) is 36.4 Å². The van der Waals surface area contributed by atoms with Crippen molar-refractivity contribution in [2.75, 3.05) is 18.6 Å². The molecular formula is C28H33N3O5. The standard InChI is InChI=1S/C28H33N3O5/c1-18-11-12-22-23(30(18)28(34)35-2)13-14-24-25(22)29-27(36-16-15-19-7-4-3-5-8-19)31(24)21-10-6-9-20(17-21)26(32)33/h3-5,7-8,13-14,18,20-21H,6,9-12,15-17H2,1-2H3,(H,32,33)/t18-,20+,21+/m0/s1. The lowest BCUT2D eigenvalue weighted by atomic mass is 9.85. The molecule has 36 heavy (non-hydrogen) atoms. The van der Waals surface area contributed by atoms with Crippen LogP contribution >= 0.6 is 0 Å². The van der Waals surface area contributed by atoms with Gasteiger partial charge in [0.15, 0.2) is 0 Å². The molecular weight excluding hydrogens is 458 g/mol. The molecule has 2 aliphatic rings. The maximum atomic E-state index is 12.6. The lowest BCUT2D eigenvalue weighted by Gasteiger charge is -2.34. The summed E-state index contributed by atoms with van der Waals surface area (Å²) >= 11 is 0. The van der Waals surface area contributed by atoms with E-state index in [0.29, 0.717) is 25.5 Å². The number of hydrogen-bond donors (Lipinski definition) is 1. The summed E-state index contributed by atoms with van der Waals surface area (Å²) in [6.07, 6.45) is 4.96. The van der Waals surface area contributed by atoms with Crippen molar-refractivity contribution >= 4 is 28.8 Å². The van der Waals surface area contributed by atoms with E-state index < -0.39 is 5.97 Å². The van der Waals surface area contributed by atoms with E-state index in [4.69, 9.17) is 14.5 Å². The molecule has 1 aliphatic carbocycles. The molecule has 5 rings (SSSR count). The normalized spacial score (nSPS) is 21.7. The van der Waals surface area contributed by atoms with Gasteiger partial charge >= 0.3 is 12.1 Å². The first-order chi connectivity index (χ1) is 17.5. The number of fused-ring (bicyclic) bond motifs is 3. The summed E-state index contributed by atoms with van der Waals surface area (Å²) in [5, 5.41) is 9.69. The number of rotatable bonds is 6. The second kappa shape index (κ2) is 10.2. The first kappa shape index (κ1) is 24.2. The van der Waals surface area contributed by atoms with Gasteiger partial charge < -0.3 is 14.6 Å². The van der Waals surface area contributed by atoms with Crippen LogP contribution in [0.5, 0.6) is 6.01 Å². The monoisotopic (exact) mass is 491 g/mol. The van der Waals surface area contributed by atoms with Gasteiger partial charge in [0.25, 0.3) is 6.01 Å². The number of aryl methyl sites for hydroxylation is 1. The Kier molecular flexibility index (Phi) is 6.85. The Morgan fingerprint density at radius 1 is 1.11 bits per heavy atom. The van der Waals surface area contributed by atoms with E-state index >= 15 is 0 Å². The zero-order chi connectivity index (χ0) is 25.2. The van der Waals surface area contributed by atoms with Gasteiger partial charge in [-0.1, -0.05) is 36.8 Å². The van der Waals surface area contributed by atoms with Crippen LogP contribution in [-0.2, 0) is 22.4 Å². The number of aliphatic carboxylic acids is 1. The molecule has 2 heterocycles. The van der Waals surface area contributed by atoms with Gasteiger partial charge in [0.2, 0.25) is 0 Å². The van der Waals surface area contributed by atoms with Crippen LogP contribution in [0.2, 0.25) is 0 Å². The van der Waals surface area contributed by atoms with E-state index in [0.717, 1.165) is 54.4 Å². The summed E-state index contributed by atoms with van der Waals surface area (Å²) in [5.41, 5.74) is 4.76. The maximum Gasteiger partial charge on any atom is 0.414 e. The number of anilines is 1. The minimum Gasteiger partial charge on any atom is -0.481 e. The predicted octanol–water partition coefficient (Wildman–Crippen LogP) is 5.38. The van der Waals surface area contributed by atoms with Gasteiger partial charge in [-0.3, -0.25) is 14.3 Å². The Hall–Kier alpha value is -3.55. The van der Waals surface area contributed by atoms with E-state index in [2.05, 4.69) is 16.7 Å². The largest absolute Gasteiger partial charge is 0.481 e. The molecule has 0 unspecified atom stereocenters. The molecule has 1 N–H and O–H groups in total. The summed E-state index contributed by atoms with van der Waals surface area (Å²) in [6.45, 7) is 2.49. The Labute approximate surface area is 210 Å². The number of aromatic nitrogens is 2. The number of imidazole rings is 1. The molecule has 8 nitrogen and oxygen atoms in total. The van der Waals surface area contributed by atoms with Crippen molar-refractivity contribution in [3.8, 4) is 6.01 Å². The molecule has 0 bridgehead atoms. The fraction of sp³-hybridized carbons (Fsp3) is 0.464. The summed E-state index contributed by atoms with van der Waals surface area (Å²) in [4.78, 5) is 31.0. The van der Waals surface area contributed by atoms with Crippen molar-refractivity contribution < 1.29 is 24.2 Å². The van der Waals surface area contributed by atoms with E-state index in [1.54, 1.807) is 4.90 Å². The number of ether oxygens (including phenoxy) is 2. The van der Waals surface area contributed by atoms with Crippen molar-refractivity contribution in [2.45, 2.75) is 64.0 Å². The van der Waals surface area contributed by atoms with E-state index in [1.807, 2.05) is 37.3 Å². The van der Waals surface area contributed by atoms with Crippen LogP contribution in [-0.4, -0.2) is 46.5 Å². The van der Waals surface area contributed by atoms with E-state index in [9.17, 15) is 14.7 Å². The molecule has 2 aromatic carbocycles. The number of benzene rings is 2. The highest BCUT2D eigenvalue weighted by atomic mass is 16.5. The molecule has 0 saturated heterocycles. The minimum absolute atomic E-state index is 0.00569. The number of carboxylic acid groups (broad SMARTS) is 1. The van der Waals surface area contributed by atoms with Crippen molar-refractivity contribution in [1.29, 1.82) is 0 Å². The number of nitrogens with zero attached hydrogens (tertiary/aromatic N) is 3. The average molecular weight is 492 g/mol. The fourth-order valence-electron chi connectivity index (χ4n) is 5.74. The molecule has 3 atom stereocenters. The van der Waals surface area contributed by atoms with Crippen molar-refractivity contribution in [1.82, 2.24) is 9.55 Å². The Morgan fingerprint density at radius 2 is 1.92 bits per heavy atom. The molecule has 1 saturated carbocycles. The zero-order valence-corrected chi connectivity index (χ0v) is 20.9. The number of carboxylic acids is 1. The lowest BCUT2D eigenvalue weighted by Crippen LogP contribution is -2.42. The van der Waals surface area contributed by atoms with Gasteiger partial charge in [-0.05, 0) is 56.7 Å². The zero-order valence-electron chi connectivity index (χ0n) is 20.9. The molecule has 1 aliphatic heterocycles. The van der Waals surface area contributed by atoms with Crippen molar-refractivity contribution in [3.05, 3.63) is 53.6 Å². The van der Waals surface area contributed by atoms with Crippen LogP contribution in [0.1, 0.15) is 56.2 Å². The van der Waals surface area contributed by atoms with E-state index in [-0.39, 0.29) is 24.1 Å². The quantitative estimate of drug-likeness (QED) is 0.497. The highest BCUT2D eigenvalue weighted by Gasteiger charge is 2.34. The number of carbonyl (C=O) groups is 2. The molecule has 0 radical (unpaired) electrons. The smallest absolute Gasteiger partial charge is 0.414 e. The van der Waals surface area contributed by atoms with Crippen molar-refractivity contribution in [2.24, 2.45) is 5.92 Å². The third-order valence-electron chi connectivity index (χ3n) is 7.62. The van der Waals surface area contributed by atoms with E-state index in [1.165, 1.54) is 12.7 Å². The molecule has 1 aromatic heterocycles. The topological polar surface area (TPSA) is 93.9 Å². The number of amides is 1. The molecule has 190 valence electrons. The second-order valence-corrected chi connectivity index (χ2v) is 9.86. The molecule has 8 heteroatoms. The van der Waals surface area contributed by atoms with Crippen LogP contribution < -0.4 is 9.64 Å². The van der Waals surface area contributed by atoms with Gasteiger partial charge in [-0.15, -0.1) is 0 Å². The molecule has 1 amide bonds. The number of methoxy groups -OCH3 is 1. The van der Waals surface area contributed by atoms with Crippen LogP contribution in [0.3, 0.4) is 0 Å². The summed E-state index contributed by atoms with van der Waals surface area (Å²) < 4.78 is 13.5. The third-order valence-corrected chi connectivity index (χ3v) is 7.62. The van der Waals surface area contributed by atoms with Gasteiger partial charge in [0, 0.05) is 24.1 Å². The molecule has 1 fully saturated rings. The number of hydrogen-bond acceptors (Lipinski definition) is 5. The van der Waals surface area contributed by atoms with Crippen LogP contribution in [0, 0.1) is 5.92 Å². The second-order valence-electron chi connectivity index (χ2n) is 9.86. The first-order valence-corrected chi connectivity index (χ1v) is 12.8. The number of carbonyl (C=O) groups excluding carboxylic acids is 1. The Morgan fingerprint density at radius 3 is 2.67 bits per heavy atom. The third kappa shape index (κ3) is 4.52. The Balaban J connectivity index is 1.55. The van der Waals surface area contributed by atoms with Crippen LogP contribution in [0.4, 0.5) is 10.5 Å². The first-order valence-electron chi connectivity index (χ1n) is 12.8. The van der Waals surface area contributed by atoms with Crippen LogP contribution in [0.25, 0.3) is 11.0 Å². The Bertz CT molecular complexity index is 1260. The average Bonchev–Trinajstić information content (AvgIpc) is 3.27. The van der Waals surface area contributed by atoms with Gasteiger partial charge in [-0.25, -0.2) is 4.79 Å².